The summed E-state index contributed by atoms with van der Waals surface area (Å²) >= 11 is 3.40. The van der Waals surface area contributed by atoms with Crippen molar-refractivity contribution in [2.24, 2.45) is 0 Å². The zero-order valence-corrected chi connectivity index (χ0v) is 15.8. The highest BCUT2D eigenvalue weighted by Crippen LogP contribution is 2.34. The number of carbonyl (C=O) groups excluding carboxylic acids is 1. The number of nitrogens with zero attached hydrogens (tertiary/aromatic N) is 2. The number of thioether (sulfide) groups is 1. The van der Waals surface area contributed by atoms with Gasteiger partial charge in [0.05, 0.1) is 20.8 Å². The second-order valence-corrected chi connectivity index (χ2v) is 8.22. The van der Waals surface area contributed by atoms with E-state index in [0.29, 0.717) is 5.92 Å². The molecule has 0 aliphatic carbocycles. The van der Waals surface area contributed by atoms with Crippen molar-refractivity contribution < 1.29 is 4.79 Å². The van der Waals surface area contributed by atoms with Crippen LogP contribution in [0.25, 0.3) is 10.2 Å². The van der Waals surface area contributed by atoms with E-state index >= 15 is 0 Å². The standard InChI is InChI=1S/C20H20N2OS2/c1-24-17-10-4-2-8-15(17)20(23)22-12-6-7-14(13-22)19-21-16-9-3-5-11-18(16)25-19/h2-5,8-11,14H,6-7,12-13H2,1H3. The summed E-state index contributed by atoms with van der Waals surface area (Å²) in [6.07, 6.45) is 4.16. The van der Waals surface area contributed by atoms with Crippen molar-refractivity contribution in [1.29, 1.82) is 0 Å². The molecule has 0 N–H and O–H groups in total. The summed E-state index contributed by atoms with van der Waals surface area (Å²) in [7, 11) is 0. The molecule has 3 nitrogen and oxygen atoms in total. The van der Waals surface area contributed by atoms with E-state index in [1.54, 1.807) is 23.1 Å². The first-order valence-corrected chi connectivity index (χ1v) is 10.6. The average molecular weight is 369 g/mol. The fourth-order valence-electron chi connectivity index (χ4n) is 3.42. The molecule has 2 aromatic carbocycles. The van der Waals surface area contributed by atoms with E-state index in [1.807, 2.05) is 41.5 Å². The Morgan fingerprint density at radius 2 is 2.00 bits per heavy atom. The number of piperidine rings is 1. The number of rotatable bonds is 3. The fourth-order valence-corrected chi connectivity index (χ4v) is 5.10. The molecule has 1 unspecified atom stereocenters. The third-order valence-electron chi connectivity index (χ3n) is 4.71. The van der Waals surface area contributed by atoms with E-state index in [9.17, 15) is 4.79 Å². The van der Waals surface area contributed by atoms with Gasteiger partial charge in [-0.05, 0) is 43.4 Å². The van der Waals surface area contributed by atoms with Gasteiger partial charge in [-0.2, -0.15) is 0 Å². The van der Waals surface area contributed by atoms with E-state index in [2.05, 4.69) is 18.2 Å². The maximum atomic E-state index is 13.0. The molecule has 0 spiro atoms. The first kappa shape index (κ1) is 16.6. The summed E-state index contributed by atoms with van der Waals surface area (Å²) in [5.41, 5.74) is 1.89. The molecule has 4 rings (SSSR count). The van der Waals surface area contributed by atoms with Gasteiger partial charge in [0.2, 0.25) is 0 Å². The zero-order valence-electron chi connectivity index (χ0n) is 14.1. The van der Waals surface area contributed by atoms with Crippen LogP contribution in [0.1, 0.15) is 34.1 Å². The Morgan fingerprint density at radius 3 is 2.84 bits per heavy atom. The monoisotopic (exact) mass is 368 g/mol. The molecular weight excluding hydrogens is 348 g/mol. The van der Waals surface area contributed by atoms with Crippen molar-refractivity contribution >= 4 is 39.2 Å². The van der Waals surface area contributed by atoms with Crippen LogP contribution >= 0.6 is 23.1 Å². The van der Waals surface area contributed by atoms with Gasteiger partial charge in [-0.1, -0.05) is 24.3 Å². The van der Waals surface area contributed by atoms with Crippen LogP contribution < -0.4 is 0 Å². The Bertz CT molecular complexity index is 872. The lowest BCUT2D eigenvalue weighted by Gasteiger charge is -2.32. The van der Waals surface area contributed by atoms with Gasteiger partial charge >= 0.3 is 0 Å². The molecule has 128 valence electrons. The molecule has 0 saturated carbocycles. The highest BCUT2D eigenvalue weighted by atomic mass is 32.2. The van der Waals surface area contributed by atoms with Crippen LogP contribution in [-0.4, -0.2) is 35.1 Å². The lowest BCUT2D eigenvalue weighted by molar-refractivity contribution is 0.0703. The first-order chi connectivity index (χ1) is 12.3. The Morgan fingerprint density at radius 1 is 1.20 bits per heavy atom. The van der Waals surface area contributed by atoms with Gasteiger partial charge < -0.3 is 4.90 Å². The third-order valence-corrected chi connectivity index (χ3v) is 6.70. The Balaban J connectivity index is 1.57. The van der Waals surface area contributed by atoms with Gasteiger partial charge in [-0.25, -0.2) is 4.98 Å². The van der Waals surface area contributed by atoms with Crippen LogP contribution in [0.5, 0.6) is 0 Å². The number of hydrogen-bond acceptors (Lipinski definition) is 4. The Hall–Kier alpha value is -1.85. The SMILES string of the molecule is CSc1ccccc1C(=O)N1CCCC(c2nc3ccccc3s2)C1. The molecule has 1 aliphatic heterocycles. The highest BCUT2D eigenvalue weighted by molar-refractivity contribution is 7.98. The van der Waals surface area contributed by atoms with Crippen LogP contribution in [0.4, 0.5) is 0 Å². The van der Waals surface area contributed by atoms with Crippen LogP contribution in [0, 0.1) is 0 Å². The summed E-state index contributed by atoms with van der Waals surface area (Å²) < 4.78 is 1.23. The number of benzene rings is 2. The predicted octanol–water partition coefficient (Wildman–Crippen LogP) is 5.04. The molecular formula is C20H20N2OS2. The topological polar surface area (TPSA) is 33.2 Å². The average Bonchev–Trinajstić information content (AvgIpc) is 3.12. The number of hydrogen-bond donors (Lipinski definition) is 0. The fraction of sp³-hybridized carbons (Fsp3) is 0.300. The van der Waals surface area contributed by atoms with Crippen LogP contribution in [0.3, 0.4) is 0 Å². The zero-order chi connectivity index (χ0) is 17.2. The quantitative estimate of drug-likeness (QED) is 0.607. The summed E-state index contributed by atoms with van der Waals surface area (Å²) in [6.45, 7) is 1.60. The number of para-hydroxylation sites is 1. The second-order valence-electron chi connectivity index (χ2n) is 6.31. The van der Waals surface area contributed by atoms with Gasteiger partial charge in [-0.3, -0.25) is 4.79 Å². The lowest BCUT2D eigenvalue weighted by Crippen LogP contribution is -2.39. The van der Waals surface area contributed by atoms with Crippen molar-refractivity contribution in [3.63, 3.8) is 0 Å². The Labute approximate surface area is 156 Å². The molecule has 0 radical (unpaired) electrons. The van der Waals surface area contributed by atoms with E-state index in [-0.39, 0.29) is 5.91 Å². The van der Waals surface area contributed by atoms with Crippen molar-refractivity contribution in [3.8, 4) is 0 Å². The molecule has 1 aromatic heterocycles. The van der Waals surface area contributed by atoms with Crippen LogP contribution in [-0.2, 0) is 0 Å². The van der Waals surface area contributed by atoms with Crippen molar-refractivity contribution in [2.75, 3.05) is 19.3 Å². The number of likely N-dealkylation sites (tertiary alicyclic amines) is 1. The summed E-state index contributed by atoms with van der Waals surface area (Å²) in [5, 5.41) is 1.16. The number of carbonyl (C=O) groups is 1. The normalized spacial score (nSPS) is 17.8. The molecule has 0 bridgehead atoms. The molecule has 2 heterocycles. The predicted molar refractivity (Wildman–Crippen MR) is 106 cm³/mol. The number of aromatic nitrogens is 1. The molecule has 1 aliphatic rings. The highest BCUT2D eigenvalue weighted by Gasteiger charge is 2.28. The Kier molecular flexibility index (Phi) is 4.77. The maximum Gasteiger partial charge on any atom is 0.255 e. The number of amides is 1. The van der Waals surface area contributed by atoms with Crippen LogP contribution in [0.15, 0.2) is 53.4 Å². The molecule has 3 aromatic rings. The van der Waals surface area contributed by atoms with Crippen LogP contribution in [0.2, 0.25) is 0 Å². The molecule has 1 amide bonds. The maximum absolute atomic E-state index is 13.0. The summed E-state index contributed by atoms with van der Waals surface area (Å²) in [4.78, 5) is 20.9. The van der Waals surface area contributed by atoms with Gasteiger partial charge in [0.1, 0.15) is 0 Å². The van der Waals surface area contributed by atoms with E-state index in [0.717, 1.165) is 46.9 Å². The van der Waals surface area contributed by atoms with Crippen molar-refractivity contribution in [2.45, 2.75) is 23.7 Å². The minimum atomic E-state index is 0.149. The van der Waals surface area contributed by atoms with Gasteiger partial charge in [0, 0.05) is 23.9 Å². The summed E-state index contributed by atoms with van der Waals surface area (Å²) in [6, 6.07) is 16.2. The minimum absolute atomic E-state index is 0.149. The van der Waals surface area contributed by atoms with Crippen molar-refractivity contribution in [3.05, 3.63) is 59.1 Å². The number of fused-ring (bicyclic) bond motifs is 1. The smallest absolute Gasteiger partial charge is 0.255 e. The molecule has 1 fully saturated rings. The van der Waals surface area contributed by atoms with Gasteiger partial charge in [0.15, 0.2) is 0 Å². The summed E-state index contributed by atoms with van der Waals surface area (Å²) in [5.74, 6) is 0.493. The first-order valence-electron chi connectivity index (χ1n) is 8.54. The van der Waals surface area contributed by atoms with Gasteiger partial charge in [0.25, 0.3) is 5.91 Å². The molecule has 1 saturated heterocycles. The number of thiazole rings is 1. The molecule has 25 heavy (non-hydrogen) atoms. The largest absolute Gasteiger partial charge is 0.338 e. The molecule has 5 heteroatoms. The van der Waals surface area contributed by atoms with Gasteiger partial charge in [-0.15, -0.1) is 23.1 Å². The van der Waals surface area contributed by atoms with E-state index in [1.165, 1.54) is 4.70 Å². The lowest BCUT2D eigenvalue weighted by atomic mass is 9.98. The second kappa shape index (κ2) is 7.18. The van der Waals surface area contributed by atoms with E-state index in [4.69, 9.17) is 4.98 Å². The van der Waals surface area contributed by atoms with E-state index < -0.39 is 0 Å². The van der Waals surface area contributed by atoms with Crippen molar-refractivity contribution in [1.82, 2.24) is 9.88 Å². The third kappa shape index (κ3) is 3.31. The molecule has 1 atom stereocenters. The minimum Gasteiger partial charge on any atom is -0.338 e.